The van der Waals surface area contributed by atoms with Gasteiger partial charge in [0.1, 0.15) is 5.15 Å². The Balaban J connectivity index is 2.88. The number of rotatable bonds is 2. The second-order valence-electron chi connectivity index (χ2n) is 3.01. The Morgan fingerprint density at radius 1 is 1.62 bits per heavy atom. The molecule has 1 amide bonds. The zero-order valence-corrected chi connectivity index (χ0v) is 9.29. The highest BCUT2D eigenvalue weighted by atomic mass is 35.5. The van der Waals surface area contributed by atoms with Gasteiger partial charge in [0.05, 0.1) is 0 Å². The number of aromatic nitrogens is 1. The Hall–Kier alpha value is -0.610. The van der Waals surface area contributed by atoms with Crippen molar-refractivity contribution in [3.63, 3.8) is 0 Å². The van der Waals surface area contributed by atoms with E-state index in [1.807, 2.05) is 13.8 Å². The van der Waals surface area contributed by atoms with E-state index in [0.29, 0.717) is 16.2 Å². The molecule has 0 atom stereocenters. The zero-order chi connectivity index (χ0) is 10.0. The SMILES string of the molecule is CC(=O)Nc1nc(Cl)c(C(C)C)s1. The number of hydrogen-bond donors (Lipinski definition) is 1. The van der Waals surface area contributed by atoms with Crippen LogP contribution in [0.4, 0.5) is 5.13 Å². The van der Waals surface area contributed by atoms with Crippen LogP contribution in [0.15, 0.2) is 0 Å². The summed E-state index contributed by atoms with van der Waals surface area (Å²) in [5, 5.41) is 3.67. The van der Waals surface area contributed by atoms with Crippen molar-refractivity contribution >= 4 is 34.0 Å². The topological polar surface area (TPSA) is 42.0 Å². The van der Waals surface area contributed by atoms with E-state index in [0.717, 1.165) is 4.88 Å². The summed E-state index contributed by atoms with van der Waals surface area (Å²) in [6.45, 7) is 5.53. The van der Waals surface area contributed by atoms with Crippen molar-refractivity contribution in [1.29, 1.82) is 0 Å². The number of halogens is 1. The highest BCUT2D eigenvalue weighted by Gasteiger charge is 2.12. The van der Waals surface area contributed by atoms with Gasteiger partial charge in [0.15, 0.2) is 5.13 Å². The Bertz CT molecular complexity index is 322. The fraction of sp³-hybridized carbons (Fsp3) is 0.500. The molecule has 0 radical (unpaired) electrons. The van der Waals surface area contributed by atoms with Crippen molar-refractivity contribution in [2.75, 3.05) is 5.32 Å². The zero-order valence-electron chi connectivity index (χ0n) is 7.72. The first kappa shape index (κ1) is 10.5. The van der Waals surface area contributed by atoms with Crippen molar-refractivity contribution in [3.05, 3.63) is 10.0 Å². The van der Waals surface area contributed by atoms with Gasteiger partial charge in [-0.25, -0.2) is 4.98 Å². The fourth-order valence-electron chi connectivity index (χ4n) is 0.873. The summed E-state index contributed by atoms with van der Waals surface area (Å²) in [6, 6.07) is 0. The van der Waals surface area contributed by atoms with E-state index < -0.39 is 0 Å². The van der Waals surface area contributed by atoms with Gasteiger partial charge in [-0.3, -0.25) is 4.79 Å². The first-order valence-corrected chi connectivity index (χ1v) is 5.14. The highest BCUT2D eigenvalue weighted by Crippen LogP contribution is 2.32. The van der Waals surface area contributed by atoms with Gasteiger partial charge in [-0.1, -0.05) is 36.8 Å². The van der Waals surface area contributed by atoms with Gasteiger partial charge in [0.2, 0.25) is 5.91 Å². The average Bonchev–Trinajstić information content (AvgIpc) is 2.29. The molecule has 13 heavy (non-hydrogen) atoms. The quantitative estimate of drug-likeness (QED) is 0.830. The lowest BCUT2D eigenvalue weighted by molar-refractivity contribution is -0.114. The molecule has 0 saturated carbocycles. The third-order valence-electron chi connectivity index (χ3n) is 1.42. The van der Waals surface area contributed by atoms with Gasteiger partial charge in [0, 0.05) is 11.8 Å². The number of carbonyl (C=O) groups is 1. The van der Waals surface area contributed by atoms with E-state index in [4.69, 9.17) is 11.6 Å². The number of hydrogen-bond acceptors (Lipinski definition) is 3. The van der Waals surface area contributed by atoms with Crippen molar-refractivity contribution in [1.82, 2.24) is 4.98 Å². The molecule has 5 heteroatoms. The molecule has 1 heterocycles. The molecule has 0 aliphatic carbocycles. The largest absolute Gasteiger partial charge is 0.302 e. The van der Waals surface area contributed by atoms with E-state index in [1.54, 1.807) is 0 Å². The Morgan fingerprint density at radius 2 is 2.23 bits per heavy atom. The predicted octanol–water partition coefficient (Wildman–Crippen LogP) is 2.88. The standard InChI is InChI=1S/C8H11ClN2OS/c1-4(2)6-7(9)11-8(13-6)10-5(3)12/h4H,1-3H3,(H,10,11,12). The molecule has 0 spiro atoms. The minimum Gasteiger partial charge on any atom is -0.302 e. The number of thiazole rings is 1. The molecular weight excluding hydrogens is 208 g/mol. The Labute approximate surface area is 86.1 Å². The molecule has 0 bridgehead atoms. The van der Waals surface area contributed by atoms with E-state index in [1.165, 1.54) is 18.3 Å². The number of nitrogens with one attached hydrogen (secondary N) is 1. The van der Waals surface area contributed by atoms with E-state index in [2.05, 4.69) is 10.3 Å². The fourth-order valence-corrected chi connectivity index (χ4v) is 2.25. The first-order valence-electron chi connectivity index (χ1n) is 3.94. The van der Waals surface area contributed by atoms with Gasteiger partial charge in [-0.2, -0.15) is 0 Å². The summed E-state index contributed by atoms with van der Waals surface area (Å²) in [5.41, 5.74) is 0. The van der Waals surface area contributed by atoms with Crippen LogP contribution in [-0.4, -0.2) is 10.9 Å². The van der Waals surface area contributed by atoms with Crippen LogP contribution >= 0.6 is 22.9 Å². The second kappa shape index (κ2) is 4.07. The van der Waals surface area contributed by atoms with Crippen LogP contribution in [-0.2, 0) is 4.79 Å². The van der Waals surface area contributed by atoms with Crippen LogP contribution < -0.4 is 5.32 Å². The normalized spacial score (nSPS) is 10.5. The van der Waals surface area contributed by atoms with Crippen LogP contribution in [0.2, 0.25) is 5.15 Å². The molecule has 1 aromatic heterocycles. The summed E-state index contributed by atoms with van der Waals surface area (Å²) in [6.07, 6.45) is 0. The van der Waals surface area contributed by atoms with Crippen LogP contribution in [0.1, 0.15) is 31.6 Å². The van der Waals surface area contributed by atoms with Crippen LogP contribution in [0.25, 0.3) is 0 Å². The molecular formula is C8H11ClN2OS. The average molecular weight is 219 g/mol. The number of amides is 1. The summed E-state index contributed by atoms with van der Waals surface area (Å²) in [5.74, 6) is 0.216. The third-order valence-corrected chi connectivity index (χ3v) is 3.09. The Kier molecular flexibility index (Phi) is 3.27. The van der Waals surface area contributed by atoms with E-state index in [-0.39, 0.29) is 5.91 Å². The summed E-state index contributed by atoms with van der Waals surface area (Å²) in [7, 11) is 0. The number of nitrogens with zero attached hydrogens (tertiary/aromatic N) is 1. The predicted molar refractivity (Wildman–Crippen MR) is 55.5 cm³/mol. The summed E-state index contributed by atoms with van der Waals surface area (Å²) in [4.78, 5) is 15.7. The summed E-state index contributed by atoms with van der Waals surface area (Å²) < 4.78 is 0. The maximum absolute atomic E-state index is 10.7. The van der Waals surface area contributed by atoms with Gasteiger partial charge < -0.3 is 5.32 Å². The second-order valence-corrected chi connectivity index (χ2v) is 4.40. The van der Waals surface area contributed by atoms with Crippen LogP contribution in [0.5, 0.6) is 0 Å². The van der Waals surface area contributed by atoms with Crippen LogP contribution in [0.3, 0.4) is 0 Å². The smallest absolute Gasteiger partial charge is 0.223 e. The van der Waals surface area contributed by atoms with Gasteiger partial charge in [-0.15, -0.1) is 0 Å². The minimum atomic E-state index is -0.124. The Morgan fingerprint density at radius 3 is 2.62 bits per heavy atom. The molecule has 1 aromatic rings. The van der Waals surface area contributed by atoms with Crippen molar-refractivity contribution in [2.45, 2.75) is 26.7 Å². The molecule has 0 aliphatic heterocycles. The maximum atomic E-state index is 10.7. The lowest BCUT2D eigenvalue weighted by atomic mass is 10.2. The molecule has 1 N–H and O–H groups in total. The maximum Gasteiger partial charge on any atom is 0.223 e. The molecule has 0 aliphatic rings. The molecule has 72 valence electrons. The number of carbonyl (C=O) groups excluding carboxylic acids is 1. The molecule has 0 unspecified atom stereocenters. The lowest BCUT2D eigenvalue weighted by Gasteiger charge is -1.97. The van der Waals surface area contributed by atoms with Crippen LogP contribution in [0, 0.1) is 0 Å². The van der Waals surface area contributed by atoms with E-state index >= 15 is 0 Å². The van der Waals surface area contributed by atoms with Crippen molar-refractivity contribution in [3.8, 4) is 0 Å². The first-order chi connectivity index (χ1) is 6.00. The van der Waals surface area contributed by atoms with Gasteiger partial charge >= 0.3 is 0 Å². The molecule has 0 aromatic carbocycles. The monoisotopic (exact) mass is 218 g/mol. The highest BCUT2D eigenvalue weighted by molar-refractivity contribution is 7.16. The lowest BCUT2D eigenvalue weighted by Crippen LogP contribution is -2.04. The summed E-state index contributed by atoms with van der Waals surface area (Å²) >= 11 is 7.29. The molecule has 1 rings (SSSR count). The number of anilines is 1. The van der Waals surface area contributed by atoms with E-state index in [9.17, 15) is 4.79 Å². The molecule has 0 saturated heterocycles. The van der Waals surface area contributed by atoms with Gasteiger partial charge in [0.25, 0.3) is 0 Å². The molecule has 0 fully saturated rings. The van der Waals surface area contributed by atoms with Crippen molar-refractivity contribution in [2.24, 2.45) is 0 Å². The van der Waals surface area contributed by atoms with Crippen molar-refractivity contribution < 1.29 is 4.79 Å². The van der Waals surface area contributed by atoms with Gasteiger partial charge in [-0.05, 0) is 5.92 Å². The molecule has 3 nitrogen and oxygen atoms in total. The third kappa shape index (κ3) is 2.67. The minimum absolute atomic E-state index is 0.124.